The van der Waals surface area contributed by atoms with Gasteiger partial charge in [-0.15, -0.1) is 11.3 Å². The van der Waals surface area contributed by atoms with E-state index in [4.69, 9.17) is 32.0 Å². The van der Waals surface area contributed by atoms with Crippen LogP contribution in [-0.2, 0) is 6.61 Å². The van der Waals surface area contributed by atoms with E-state index in [-0.39, 0.29) is 5.84 Å². The first-order valence-corrected chi connectivity index (χ1v) is 6.86. The fourth-order valence-electron chi connectivity index (χ4n) is 1.56. The molecule has 0 aliphatic carbocycles. The summed E-state index contributed by atoms with van der Waals surface area (Å²) >= 11 is 7.31. The summed E-state index contributed by atoms with van der Waals surface area (Å²) in [6.45, 7) is 0.389. The quantitative estimate of drug-likeness (QED) is 0.385. The summed E-state index contributed by atoms with van der Waals surface area (Å²) in [5, 5.41) is 11.7. The molecule has 1 aromatic carbocycles. The number of nitrogens with zero attached hydrogens (tertiary/aromatic N) is 1. The molecule has 1 aromatic heterocycles. The Morgan fingerprint density at radius 3 is 2.70 bits per heavy atom. The molecule has 0 amide bonds. The Kier molecular flexibility index (Phi) is 4.70. The molecular formula is C13H13ClN2O3S. The Morgan fingerprint density at radius 2 is 2.10 bits per heavy atom. The summed E-state index contributed by atoms with van der Waals surface area (Å²) in [5.41, 5.74) is 6.09. The van der Waals surface area contributed by atoms with Crippen molar-refractivity contribution in [2.45, 2.75) is 6.61 Å². The molecule has 0 fully saturated rings. The number of rotatable bonds is 5. The van der Waals surface area contributed by atoms with Gasteiger partial charge < -0.3 is 20.4 Å². The number of hydrogen-bond acceptors (Lipinski definition) is 5. The second-order valence-corrected chi connectivity index (χ2v) is 5.68. The molecular weight excluding hydrogens is 300 g/mol. The van der Waals surface area contributed by atoms with Crippen molar-refractivity contribution in [3.63, 3.8) is 0 Å². The Balaban J connectivity index is 2.18. The number of ether oxygens (including phenoxy) is 2. The molecule has 0 atom stereocenters. The van der Waals surface area contributed by atoms with Crippen LogP contribution in [0.1, 0.15) is 10.4 Å². The zero-order valence-electron chi connectivity index (χ0n) is 10.7. The third-order valence-electron chi connectivity index (χ3n) is 2.53. The van der Waals surface area contributed by atoms with Gasteiger partial charge in [-0.2, -0.15) is 0 Å². The van der Waals surface area contributed by atoms with Gasteiger partial charge in [-0.25, -0.2) is 0 Å². The van der Waals surface area contributed by atoms with Crippen molar-refractivity contribution >= 4 is 28.8 Å². The van der Waals surface area contributed by atoms with Crippen molar-refractivity contribution in [2.75, 3.05) is 7.11 Å². The molecule has 0 saturated carbocycles. The highest BCUT2D eigenvalue weighted by molar-refractivity contribution is 7.16. The topological polar surface area (TPSA) is 77.1 Å². The first kappa shape index (κ1) is 14.5. The second-order valence-electron chi connectivity index (χ2n) is 3.88. The van der Waals surface area contributed by atoms with E-state index in [1.807, 2.05) is 12.1 Å². The summed E-state index contributed by atoms with van der Waals surface area (Å²) in [4.78, 5) is 1.00. The number of thiophene rings is 1. The lowest BCUT2D eigenvalue weighted by Crippen LogP contribution is -2.13. The number of hydrogen-bond donors (Lipinski definition) is 2. The smallest absolute Gasteiger partial charge is 0.170 e. The van der Waals surface area contributed by atoms with Crippen LogP contribution in [0.25, 0.3) is 0 Å². The molecule has 106 valence electrons. The third kappa shape index (κ3) is 3.55. The minimum absolute atomic E-state index is 0.00656. The van der Waals surface area contributed by atoms with Crippen LogP contribution in [-0.4, -0.2) is 18.2 Å². The molecule has 5 nitrogen and oxygen atoms in total. The average Bonchev–Trinajstić information content (AvgIpc) is 2.89. The highest BCUT2D eigenvalue weighted by Crippen LogP contribution is 2.26. The van der Waals surface area contributed by atoms with E-state index in [0.29, 0.717) is 28.0 Å². The molecule has 0 aliphatic heterocycles. The van der Waals surface area contributed by atoms with Crippen molar-refractivity contribution in [3.05, 3.63) is 45.1 Å². The van der Waals surface area contributed by atoms with Crippen molar-refractivity contribution < 1.29 is 14.7 Å². The molecule has 3 N–H and O–H groups in total. The maximum Gasteiger partial charge on any atom is 0.170 e. The zero-order chi connectivity index (χ0) is 14.5. The van der Waals surface area contributed by atoms with Gasteiger partial charge >= 0.3 is 0 Å². The molecule has 0 bridgehead atoms. The predicted octanol–water partition coefficient (Wildman–Crippen LogP) is 3.08. The average molecular weight is 313 g/mol. The second kappa shape index (κ2) is 6.49. The molecule has 0 saturated heterocycles. The largest absolute Gasteiger partial charge is 0.497 e. The van der Waals surface area contributed by atoms with Gasteiger partial charge in [0.2, 0.25) is 0 Å². The monoisotopic (exact) mass is 312 g/mol. The van der Waals surface area contributed by atoms with E-state index in [1.165, 1.54) is 18.4 Å². The van der Waals surface area contributed by atoms with E-state index >= 15 is 0 Å². The van der Waals surface area contributed by atoms with Crippen molar-refractivity contribution in [1.29, 1.82) is 0 Å². The normalized spacial score (nSPS) is 11.4. The zero-order valence-corrected chi connectivity index (χ0v) is 12.2. The van der Waals surface area contributed by atoms with Crippen LogP contribution in [0.5, 0.6) is 11.5 Å². The van der Waals surface area contributed by atoms with E-state index in [1.54, 1.807) is 18.2 Å². The van der Waals surface area contributed by atoms with Gasteiger partial charge in [-0.05, 0) is 24.3 Å². The molecule has 0 radical (unpaired) electrons. The number of nitrogens with two attached hydrogens (primary N) is 1. The Labute approximate surface area is 125 Å². The Bertz CT molecular complexity index is 628. The maximum absolute atomic E-state index is 8.72. The fourth-order valence-corrected chi connectivity index (χ4v) is 2.56. The first-order chi connectivity index (χ1) is 9.62. The van der Waals surface area contributed by atoms with Gasteiger partial charge in [-0.3, -0.25) is 0 Å². The van der Waals surface area contributed by atoms with Crippen LogP contribution < -0.4 is 15.2 Å². The molecule has 1 heterocycles. The molecule has 0 aliphatic rings. The van der Waals surface area contributed by atoms with Crippen LogP contribution >= 0.6 is 22.9 Å². The van der Waals surface area contributed by atoms with Crippen molar-refractivity contribution in [2.24, 2.45) is 10.9 Å². The lowest BCUT2D eigenvalue weighted by atomic mass is 10.2. The van der Waals surface area contributed by atoms with Crippen molar-refractivity contribution in [1.82, 2.24) is 0 Å². The number of benzene rings is 1. The number of halogens is 1. The summed E-state index contributed by atoms with van der Waals surface area (Å²) in [5.74, 6) is 1.12. The van der Waals surface area contributed by atoms with Gasteiger partial charge in [0, 0.05) is 16.5 Å². The maximum atomic E-state index is 8.72. The van der Waals surface area contributed by atoms with Crippen LogP contribution in [0.15, 0.2) is 35.5 Å². The molecule has 7 heteroatoms. The Morgan fingerprint density at radius 1 is 1.35 bits per heavy atom. The lowest BCUT2D eigenvalue weighted by Gasteiger charge is -2.09. The fraction of sp³-hybridized carbons (Fsp3) is 0.154. The summed E-state index contributed by atoms with van der Waals surface area (Å²) < 4.78 is 11.5. The third-order valence-corrected chi connectivity index (χ3v) is 3.73. The van der Waals surface area contributed by atoms with Gasteiger partial charge in [-0.1, -0.05) is 16.8 Å². The van der Waals surface area contributed by atoms with Crippen LogP contribution in [0.4, 0.5) is 0 Å². The highest BCUT2D eigenvalue weighted by atomic mass is 35.5. The van der Waals surface area contributed by atoms with Gasteiger partial charge in [0.25, 0.3) is 0 Å². The number of methoxy groups -OCH3 is 1. The SMILES string of the molecule is COc1cc(OCc2ccc(Cl)s2)cc(/C(N)=N/O)c1. The van der Waals surface area contributed by atoms with E-state index in [0.717, 1.165) is 4.88 Å². The van der Waals surface area contributed by atoms with Crippen LogP contribution in [0, 0.1) is 0 Å². The predicted molar refractivity (Wildman–Crippen MR) is 79.2 cm³/mol. The van der Waals surface area contributed by atoms with Crippen LogP contribution in [0.3, 0.4) is 0 Å². The van der Waals surface area contributed by atoms with E-state index < -0.39 is 0 Å². The van der Waals surface area contributed by atoms with Gasteiger partial charge in [0.15, 0.2) is 5.84 Å². The summed E-state index contributed by atoms with van der Waals surface area (Å²) in [6, 6.07) is 8.77. The molecule has 0 spiro atoms. The minimum atomic E-state index is -0.00656. The highest BCUT2D eigenvalue weighted by Gasteiger charge is 2.07. The molecule has 2 aromatic rings. The van der Waals surface area contributed by atoms with E-state index in [2.05, 4.69) is 5.16 Å². The van der Waals surface area contributed by atoms with E-state index in [9.17, 15) is 0 Å². The number of amidine groups is 1. The molecule has 2 rings (SSSR count). The van der Waals surface area contributed by atoms with Crippen molar-refractivity contribution in [3.8, 4) is 11.5 Å². The Hall–Kier alpha value is -1.92. The lowest BCUT2D eigenvalue weighted by molar-refractivity contribution is 0.306. The standard InChI is InChI=1S/C13H13ClN2O3S/c1-18-9-4-8(13(15)16-17)5-10(6-9)19-7-11-2-3-12(14)20-11/h2-6,17H,7H2,1H3,(H2,15,16). The number of oxime groups is 1. The summed E-state index contributed by atoms with van der Waals surface area (Å²) in [7, 11) is 1.54. The molecule has 0 unspecified atom stereocenters. The minimum Gasteiger partial charge on any atom is -0.497 e. The molecule has 20 heavy (non-hydrogen) atoms. The van der Waals surface area contributed by atoms with Crippen LogP contribution in [0.2, 0.25) is 4.34 Å². The first-order valence-electron chi connectivity index (χ1n) is 5.66. The summed E-state index contributed by atoms with van der Waals surface area (Å²) in [6.07, 6.45) is 0. The van der Waals surface area contributed by atoms with Gasteiger partial charge in [0.05, 0.1) is 11.4 Å². The van der Waals surface area contributed by atoms with Gasteiger partial charge in [0.1, 0.15) is 18.1 Å².